The summed E-state index contributed by atoms with van der Waals surface area (Å²) in [6, 6.07) is 7.05. The number of hydrogen-bond donors (Lipinski definition) is 0. The van der Waals surface area contributed by atoms with Gasteiger partial charge in [0.05, 0.1) is 17.6 Å². The third kappa shape index (κ3) is 2.55. The van der Waals surface area contributed by atoms with E-state index in [-0.39, 0.29) is 0 Å². The van der Waals surface area contributed by atoms with Crippen molar-refractivity contribution in [3.05, 3.63) is 23.8 Å². The molecule has 0 unspecified atom stereocenters. The molecule has 0 radical (unpaired) electrons. The lowest BCUT2D eigenvalue weighted by molar-refractivity contribution is 1.50. The van der Waals surface area contributed by atoms with Gasteiger partial charge in [-0.05, 0) is 6.92 Å². The summed E-state index contributed by atoms with van der Waals surface area (Å²) in [7, 11) is -1.23. The molecule has 0 saturated heterocycles. The molecular formula is C11H20Si2. The molecule has 0 saturated carbocycles. The van der Waals surface area contributed by atoms with Crippen molar-refractivity contribution in [3.8, 4) is 0 Å². The van der Waals surface area contributed by atoms with E-state index in [1.165, 1.54) is 5.56 Å². The zero-order valence-electron chi connectivity index (χ0n) is 9.39. The fourth-order valence-electron chi connectivity index (χ4n) is 1.72. The number of benzene rings is 1. The van der Waals surface area contributed by atoms with Gasteiger partial charge in [0, 0.05) is 0 Å². The highest BCUT2D eigenvalue weighted by Crippen LogP contribution is 1.96. The van der Waals surface area contributed by atoms with Crippen molar-refractivity contribution in [3.63, 3.8) is 0 Å². The van der Waals surface area contributed by atoms with Crippen LogP contribution in [0.15, 0.2) is 18.2 Å². The second-order valence-electron chi connectivity index (χ2n) is 4.44. The highest BCUT2D eigenvalue weighted by Gasteiger charge is 2.10. The van der Waals surface area contributed by atoms with Crippen LogP contribution in [-0.2, 0) is 0 Å². The Hall–Kier alpha value is -0.346. The van der Waals surface area contributed by atoms with Crippen LogP contribution in [0.25, 0.3) is 0 Å². The highest BCUT2D eigenvalue weighted by atomic mass is 28.3. The molecular weight excluding hydrogens is 188 g/mol. The molecule has 0 fully saturated rings. The summed E-state index contributed by atoms with van der Waals surface area (Å²) in [5.41, 5.74) is 1.43. The van der Waals surface area contributed by atoms with Gasteiger partial charge in [-0.1, -0.05) is 60.3 Å². The van der Waals surface area contributed by atoms with E-state index >= 15 is 0 Å². The van der Waals surface area contributed by atoms with Crippen LogP contribution in [0.1, 0.15) is 5.56 Å². The topological polar surface area (TPSA) is 0 Å². The van der Waals surface area contributed by atoms with Gasteiger partial charge in [0.25, 0.3) is 0 Å². The normalized spacial score (nSPS) is 11.3. The van der Waals surface area contributed by atoms with E-state index in [0.29, 0.717) is 0 Å². The zero-order valence-corrected chi connectivity index (χ0v) is 11.7. The second kappa shape index (κ2) is 4.24. The van der Waals surface area contributed by atoms with Gasteiger partial charge in [0.1, 0.15) is 0 Å². The predicted octanol–water partition coefficient (Wildman–Crippen LogP) is 1.38. The molecule has 0 aliphatic heterocycles. The maximum absolute atomic E-state index is 2.43. The van der Waals surface area contributed by atoms with Crippen LogP contribution < -0.4 is 10.4 Å². The van der Waals surface area contributed by atoms with E-state index in [1.807, 2.05) is 0 Å². The highest BCUT2D eigenvalue weighted by molar-refractivity contribution is 6.82. The minimum Gasteiger partial charge on any atom is -0.0682 e. The van der Waals surface area contributed by atoms with E-state index in [0.717, 1.165) is 0 Å². The van der Waals surface area contributed by atoms with E-state index < -0.39 is 17.6 Å². The molecule has 0 heterocycles. The van der Waals surface area contributed by atoms with Gasteiger partial charge in [-0.25, -0.2) is 0 Å². The van der Waals surface area contributed by atoms with Crippen LogP contribution >= 0.6 is 0 Å². The largest absolute Gasteiger partial charge is 0.0682 e. The van der Waals surface area contributed by atoms with Crippen molar-refractivity contribution < 1.29 is 0 Å². The Kier molecular flexibility index (Phi) is 3.50. The molecule has 72 valence electrons. The first kappa shape index (κ1) is 10.7. The van der Waals surface area contributed by atoms with Gasteiger partial charge in [0.15, 0.2) is 0 Å². The van der Waals surface area contributed by atoms with E-state index in [1.54, 1.807) is 10.4 Å². The molecule has 0 spiro atoms. The molecule has 2 heteroatoms. The average Bonchev–Trinajstić information content (AvgIpc) is 2.03. The second-order valence-corrected chi connectivity index (χ2v) is 10.3. The summed E-state index contributed by atoms with van der Waals surface area (Å²) in [5, 5.41) is 3.41. The molecule has 0 aromatic heterocycles. The first-order valence-corrected chi connectivity index (χ1v) is 10.9. The third-order valence-electron chi connectivity index (χ3n) is 2.49. The third-order valence-corrected chi connectivity index (χ3v) is 6.33. The zero-order chi connectivity index (χ0) is 10.0. The smallest absolute Gasteiger partial charge is 0.0645 e. The Bertz CT molecular complexity index is 290. The maximum Gasteiger partial charge on any atom is 0.0645 e. The average molecular weight is 208 g/mol. The lowest BCUT2D eigenvalue weighted by atomic mass is 10.2. The monoisotopic (exact) mass is 208 g/mol. The van der Waals surface area contributed by atoms with E-state index in [4.69, 9.17) is 0 Å². The van der Waals surface area contributed by atoms with E-state index in [9.17, 15) is 0 Å². The summed E-state index contributed by atoms with van der Waals surface area (Å²) in [5.74, 6) is 0. The van der Waals surface area contributed by atoms with Crippen LogP contribution in [0.3, 0.4) is 0 Å². The van der Waals surface area contributed by atoms with Crippen molar-refractivity contribution in [1.29, 1.82) is 0 Å². The molecule has 0 amide bonds. The summed E-state index contributed by atoms with van der Waals surface area (Å²) in [4.78, 5) is 0. The Balaban J connectivity index is 3.19. The lowest BCUT2D eigenvalue weighted by Crippen LogP contribution is -2.44. The summed E-state index contributed by atoms with van der Waals surface area (Å²) < 4.78 is 0. The van der Waals surface area contributed by atoms with Crippen LogP contribution in [0.2, 0.25) is 26.2 Å². The van der Waals surface area contributed by atoms with Crippen molar-refractivity contribution in [1.82, 2.24) is 0 Å². The molecule has 0 aliphatic carbocycles. The lowest BCUT2D eigenvalue weighted by Gasteiger charge is -2.15. The Morgan fingerprint density at radius 2 is 1.38 bits per heavy atom. The molecule has 0 atom stereocenters. The van der Waals surface area contributed by atoms with Crippen molar-refractivity contribution in [2.24, 2.45) is 0 Å². The molecule has 13 heavy (non-hydrogen) atoms. The number of rotatable bonds is 2. The first-order valence-electron chi connectivity index (χ1n) is 5.12. The van der Waals surface area contributed by atoms with Crippen LogP contribution in [0.5, 0.6) is 0 Å². The van der Waals surface area contributed by atoms with Crippen LogP contribution in [0, 0.1) is 6.92 Å². The fourth-order valence-corrected chi connectivity index (χ4v) is 6.31. The summed E-state index contributed by atoms with van der Waals surface area (Å²) in [6.45, 7) is 11.9. The van der Waals surface area contributed by atoms with Crippen molar-refractivity contribution >= 4 is 28.0 Å². The Labute approximate surface area is 85.2 Å². The van der Waals surface area contributed by atoms with Crippen LogP contribution in [0.4, 0.5) is 0 Å². The summed E-state index contributed by atoms with van der Waals surface area (Å²) in [6.07, 6.45) is 0. The van der Waals surface area contributed by atoms with Gasteiger partial charge < -0.3 is 0 Å². The minimum absolute atomic E-state index is 0.610. The van der Waals surface area contributed by atoms with Gasteiger partial charge in [-0.15, -0.1) is 0 Å². The van der Waals surface area contributed by atoms with Gasteiger partial charge >= 0.3 is 0 Å². The van der Waals surface area contributed by atoms with Gasteiger partial charge in [0.2, 0.25) is 0 Å². The Morgan fingerprint density at radius 3 is 1.85 bits per heavy atom. The number of hydrogen-bond acceptors (Lipinski definition) is 0. The molecule has 0 bridgehead atoms. The van der Waals surface area contributed by atoms with Gasteiger partial charge in [-0.2, -0.15) is 0 Å². The number of aryl methyl sites for hydroxylation is 1. The molecule has 0 nitrogen and oxygen atoms in total. The van der Waals surface area contributed by atoms with Crippen molar-refractivity contribution in [2.75, 3.05) is 0 Å². The van der Waals surface area contributed by atoms with Crippen molar-refractivity contribution in [2.45, 2.75) is 33.1 Å². The predicted molar refractivity (Wildman–Crippen MR) is 68.2 cm³/mol. The maximum atomic E-state index is 2.43. The molecule has 1 aromatic rings. The first-order chi connectivity index (χ1) is 6.02. The minimum atomic E-state index is -0.618. The summed E-state index contributed by atoms with van der Waals surface area (Å²) >= 11 is 0. The SMILES string of the molecule is Cc1ccc([SiH](C)C)c([SiH](C)C)c1. The molecule has 1 rings (SSSR count). The standard InChI is InChI=1S/C11H20Si2/c1-9-6-7-10(12(2)3)11(8-9)13(4)5/h6-8,12-13H,1-5H3. The quantitative estimate of drug-likeness (QED) is 0.644. The van der Waals surface area contributed by atoms with Gasteiger partial charge in [-0.3, -0.25) is 0 Å². The Morgan fingerprint density at radius 1 is 0.846 bits per heavy atom. The van der Waals surface area contributed by atoms with Crippen LogP contribution in [-0.4, -0.2) is 17.6 Å². The molecule has 0 N–H and O–H groups in total. The fraction of sp³-hybridized carbons (Fsp3) is 0.455. The van der Waals surface area contributed by atoms with E-state index in [2.05, 4.69) is 51.3 Å². The molecule has 0 aliphatic rings. The molecule has 1 aromatic carbocycles.